The summed E-state index contributed by atoms with van der Waals surface area (Å²) in [5.41, 5.74) is 0. The highest BCUT2D eigenvalue weighted by Gasteiger charge is 2.13. The van der Waals surface area contributed by atoms with Gasteiger partial charge in [0, 0.05) is 39.0 Å². The van der Waals surface area contributed by atoms with Crippen LogP contribution in [0, 0.1) is 0 Å². The molecule has 0 heterocycles. The minimum absolute atomic E-state index is 0.0915. The van der Waals surface area contributed by atoms with Crippen molar-refractivity contribution in [2.75, 3.05) is 66.7 Å². The predicted octanol–water partition coefficient (Wildman–Crippen LogP) is 16.1. The van der Waals surface area contributed by atoms with Crippen molar-refractivity contribution in [2.24, 2.45) is 0 Å². The molecule has 0 N–H and O–H groups in total. The van der Waals surface area contributed by atoms with Crippen molar-refractivity contribution >= 4 is 23.9 Å². The molecule has 0 aliphatic rings. The van der Waals surface area contributed by atoms with E-state index in [9.17, 15) is 19.2 Å². The molecular weight excluding hydrogens is 901 g/mol. The Hall–Kier alpha value is -3.24. The predicted molar refractivity (Wildman–Crippen MR) is 302 cm³/mol. The number of hydrogen-bond donors (Lipinski definition) is 0. The largest absolute Gasteiger partial charge is 0.466 e. The Morgan fingerprint density at radius 2 is 0.583 bits per heavy atom. The number of ether oxygens (including phenoxy) is 4. The quantitative estimate of drug-likeness (QED) is 0.0253. The third-order valence-electron chi connectivity index (χ3n) is 12.9. The normalized spacial score (nSPS) is 11.9. The first-order valence-corrected chi connectivity index (χ1v) is 29.9. The van der Waals surface area contributed by atoms with Gasteiger partial charge >= 0.3 is 23.9 Å². The van der Waals surface area contributed by atoms with Crippen LogP contribution < -0.4 is 0 Å². The van der Waals surface area contributed by atoms with Gasteiger partial charge in [0.05, 0.1) is 39.3 Å². The molecule has 0 aromatic heterocycles. The van der Waals surface area contributed by atoms with Gasteiger partial charge < -0.3 is 28.7 Å². The van der Waals surface area contributed by atoms with Crippen molar-refractivity contribution in [3.05, 3.63) is 48.6 Å². The number of esters is 4. The lowest BCUT2D eigenvalue weighted by atomic mass is 10.1. The molecule has 0 aliphatic heterocycles. The third-order valence-corrected chi connectivity index (χ3v) is 12.9. The minimum atomic E-state index is -0.213. The molecule has 72 heavy (non-hydrogen) atoms. The van der Waals surface area contributed by atoms with Crippen molar-refractivity contribution in [3.63, 3.8) is 0 Å². The van der Waals surface area contributed by atoms with E-state index in [1.165, 1.54) is 116 Å². The number of hydrogen-bond acceptors (Lipinski definition) is 10. The Kier molecular flexibility index (Phi) is 54.5. The van der Waals surface area contributed by atoms with E-state index in [1.54, 1.807) is 0 Å². The molecule has 0 aromatic rings. The molecule has 0 spiro atoms. The highest BCUT2D eigenvalue weighted by atomic mass is 16.5. The number of allylic oxidation sites excluding steroid dienone is 8. The van der Waals surface area contributed by atoms with Crippen LogP contribution in [0.25, 0.3) is 0 Å². The second kappa shape index (κ2) is 57.0. The molecule has 0 saturated carbocycles. The number of unbranched alkanes of at least 4 members (excludes halogenated alkanes) is 26. The summed E-state index contributed by atoms with van der Waals surface area (Å²) in [7, 11) is 4.03. The summed E-state index contributed by atoms with van der Waals surface area (Å²) in [5.74, 6) is -0.609. The van der Waals surface area contributed by atoms with Gasteiger partial charge in [0.2, 0.25) is 0 Å². The first kappa shape index (κ1) is 68.8. The first-order chi connectivity index (χ1) is 35.3. The van der Waals surface area contributed by atoms with Gasteiger partial charge in [0.15, 0.2) is 0 Å². The summed E-state index contributed by atoms with van der Waals surface area (Å²) in [6.07, 6.45) is 57.8. The molecule has 10 heteroatoms. The number of rotatable bonds is 55. The molecule has 0 aromatic carbocycles. The van der Waals surface area contributed by atoms with Crippen LogP contribution >= 0.6 is 0 Å². The van der Waals surface area contributed by atoms with E-state index >= 15 is 0 Å². The van der Waals surface area contributed by atoms with Gasteiger partial charge in [0.1, 0.15) is 0 Å². The highest BCUT2D eigenvalue weighted by Crippen LogP contribution is 2.13. The lowest BCUT2D eigenvalue weighted by Gasteiger charge is -2.23. The van der Waals surface area contributed by atoms with Crippen LogP contribution in [0.15, 0.2) is 48.6 Å². The second-order valence-electron chi connectivity index (χ2n) is 20.2. The lowest BCUT2D eigenvalue weighted by Crippen LogP contribution is -2.35. The molecule has 0 bridgehead atoms. The zero-order valence-electron chi connectivity index (χ0n) is 47.3. The monoisotopic (exact) mass is 1010 g/mol. The molecular formula is C62H112N2O8. The zero-order chi connectivity index (χ0) is 52.5. The van der Waals surface area contributed by atoms with Crippen LogP contribution in [0.5, 0.6) is 0 Å². The highest BCUT2D eigenvalue weighted by molar-refractivity contribution is 5.70. The van der Waals surface area contributed by atoms with Crippen LogP contribution in [-0.4, -0.2) is 100 Å². The summed E-state index contributed by atoms with van der Waals surface area (Å²) >= 11 is 0. The fraction of sp³-hybridized carbons (Fsp3) is 0.806. The number of likely N-dealkylation sites (N-methyl/N-ethyl adjacent to an activating group) is 1. The summed E-state index contributed by atoms with van der Waals surface area (Å²) < 4.78 is 21.9. The van der Waals surface area contributed by atoms with Crippen LogP contribution in [0.1, 0.15) is 258 Å². The van der Waals surface area contributed by atoms with Gasteiger partial charge in [-0.1, -0.05) is 178 Å². The van der Waals surface area contributed by atoms with Gasteiger partial charge in [-0.2, -0.15) is 0 Å². The average molecular weight is 1010 g/mol. The van der Waals surface area contributed by atoms with Crippen LogP contribution in [0.2, 0.25) is 0 Å². The van der Waals surface area contributed by atoms with E-state index in [2.05, 4.69) is 72.3 Å². The first-order valence-electron chi connectivity index (χ1n) is 29.9. The zero-order valence-corrected chi connectivity index (χ0v) is 47.3. The van der Waals surface area contributed by atoms with Crippen molar-refractivity contribution < 1.29 is 38.1 Å². The molecule has 0 amide bonds. The molecule has 0 radical (unpaired) electrons. The fourth-order valence-electron chi connectivity index (χ4n) is 8.19. The Morgan fingerprint density at radius 1 is 0.306 bits per heavy atom. The van der Waals surface area contributed by atoms with Gasteiger partial charge in [-0.15, -0.1) is 0 Å². The van der Waals surface area contributed by atoms with Crippen LogP contribution in [-0.2, 0) is 38.1 Å². The Morgan fingerprint density at radius 3 is 0.903 bits per heavy atom. The van der Waals surface area contributed by atoms with E-state index in [1.807, 2.05) is 14.1 Å². The minimum Gasteiger partial charge on any atom is -0.466 e. The Labute approximate surface area is 443 Å². The topological polar surface area (TPSA) is 112 Å². The van der Waals surface area contributed by atoms with E-state index in [-0.39, 0.29) is 36.7 Å². The third kappa shape index (κ3) is 56.1. The number of nitrogens with zero attached hydrogens (tertiary/aromatic N) is 2. The molecule has 0 fully saturated rings. The smallest absolute Gasteiger partial charge is 0.307 e. The van der Waals surface area contributed by atoms with Gasteiger partial charge in [-0.25, -0.2) is 0 Å². The molecule has 0 atom stereocenters. The average Bonchev–Trinajstić information content (AvgIpc) is 3.37. The SMILES string of the molecule is CCCCC/C=C\C/C=C\CCCCCCCCOC(=O)CCCCCCCOC(=O)CCN(CCC(=O)OCCCCCCCC(=O)OCCCCCCCC/C=C\C/C=C\CCCCC)CCN(C)C. The standard InChI is InChI=1S/C62H112N2O8/c1-5-7-9-11-13-15-17-19-21-23-25-27-29-31-37-43-55-69-59(65)47-41-35-33-39-45-57-71-61(67)49-51-64(54-53-63(3)4)52-50-62(68)72-58-46-40-34-36-42-48-60(66)70-56-44-38-32-30-28-26-24-22-20-18-16-14-12-10-8-6-2/h13-16,19-22H,5-12,17-18,23-58H2,1-4H3/b15-13-,16-14-,21-19-,22-20-. The summed E-state index contributed by atoms with van der Waals surface area (Å²) in [6.45, 7) is 9.01. The molecule has 0 rings (SSSR count). The number of carbonyl (C=O) groups excluding carboxylic acids is 4. The summed E-state index contributed by atoms with van der Waals surface area (Å²) in [4.78, 5) is 53.5. The van der Waals surface area contributed by atoms with Crippen molar-refractivity contribution in [1.82, 2.24) is 9.80 Å². The summed E-state index contributed by atoms with van der Waals surface area (Å²) in [6, 6.07) is 0. The van der Waals surface area contributed by atoms with Gasteiger partial charge in [0.25, 0.3) is 0 Å². The molecule has 10 nitrogen and oxygen atoms in total. The van der Waals surface area contributed by atoms with E-state index in [0.717, 1.165) is 116 Å². The lowest BCUT2D eigenvalue weighted by molar-refractivity contribution is -0.145. The molecule has 418 valence electrons. The van der Waals surface area contributed by atoms with Gasteiger partial charge in [-0.3, -0.25) is 19.2 Å². The van der Waals surface area contributed by atoms with Crippen molar-refractivity contribution in [3.8, 4) is 0 Å². The second-order valence-corrected chi connectivity index (χ2v) is 20.2. The van der Waals surface area contributed by atoms with Crippen LogP contribution in [0.3, 0.4) is 0 Å². The summed E-state index contributed by atoms with van der Waals surface area (Å²) in [5, 5.41) is 0. The maximum absolute atomic E-state index is 12.5. The van der Waals surface area contributed by atoms with E-state index in [4.69, 9.17) is 18.9 Å². The van der Waals surface area contributed by atoms with Crippen molar-refractivity contribution in [2.45, 2.75) is 258 Å². The Balaban J connectivity index is 3.76. The number of carbonyl (C=O) groups is 4. The maximum Gasteiger partial charge on any atom is 0.307 e. The van der Waals surface area contributed by atoms with Crippen LogP contribution in [0.4, 0.5) is 0 Å². The maximum atomic E-state index is 12.5. The van der Waals surface area contributed by atoms with Gasteiger partial charge in [-0.05, 0) is 117 Å². The van der Waals surface area contributed by atoms with E-state index < -0.39 is 0 Å². The fourth-order valence-corrected chi connectivity index (χ4v) is 8.19. The Bertz CT molecular complexity index is 1250. The molecule has 0 aliphatic carbocycles. The van der Waals surface area contributed by atoms with Crippen molar-refractivity contribution in [1.29, 1.82) is 0 Å². The van der Waals surface area contributed by atoms with E-state index in [0.29, 0.717) is 52.4 Å². The molecule has 0 saturated heterocycles. The molecule has 0 unspecified atom stereocenters.